The molecule has 1 unspecified atom stereocenters. The Morgan fingerprint density at radius 2 is 2.09 bits per heavy atom. The van der Waals surface area contributed by atoms with Crippen molar-refractivity contribution < 1.29 is 14.6 Å². The van der Waals surface area contributed by atoms with Crippen LogP contribution in [0, 0.1) is 0 Å². The number of benzene rings is 1. The number of aliphatic hydroxyl groups excluding tert-OH is 1. The van der Waals surface area contributed by atoms with Crippen molar-refractivity contribution in [2.75, 3.05) is 20.2 Å². The summed E-state index contributed by atoms with van der Waals surface area (Å²) in [7, 11) is 1.70. The third-order valence-corrected chi connectivity index (χ3v) is 3.43. The lowest BCUT2D eigenvalue weighted by atomic mass is 10.2. The van der Waals surface area contributed by atoms with E-state index in [0.29, 0.717) is 25.3 Å². The Labute approximate surface area is 136 Å². The third kappa shape index (κ3) is 4.32. The van der Waals surface area contributed by atoms with E-state index >= 15 is 0 Å². The van der Waals surface area contributed by atoms with Gasteiger partial charge in [-0.25, -0.2) is 4.68 Å². The minimum Gasteiger partial charge on any atom is -0.490 e. The van der Waals surface area contributed by atoms with Gasteiger partial charge in [0.1, 0.15) is 0 Å². The number of aliphatic hydroxyl groups is 1. The molecule has 0 radical (unpaired) electrons. The number of nitrogens with zero attached hydrogens (tertiary/aromatic N) is 3. The maximum Gasteiger partial charge on any atom is 0.277 e. The maximum atomic E-state index is 12.6. The molecule has 1 atom stereocenters. The van der Waals surface area contributed by atoms with Gasteiger partial charge in [-0.3, -0.25) is 4.79 Å². The van der Waals surface area contributed by atoms with Crippen molar-refractivity contribution in [3.63, 3.8) is 0 Å². The molecule has 0 spiro atoms. The summed E-state index contributed by atoms with van der Waals surface area (Å²) in [5.41, 5.74) is 1.14. The number of carbonyl (C=O) groups is 1. The van der Waals surface area contributed by atoms with Gasteiger partial charge in [-0.15, -0.1) is 0 Å². The highest BCUT2D eigenvalue weighted by Gasteiger charge is 2.22. The van der Waals surface area contributed by atoms with Crippen molar-refractivity contribution in [3.8, 4) is 11.4 Å². The largest absolute Gasteiger partial charge is 0.490 e. The van der Waals surface area contributed by atoms with Crippen molar-refractivity contribution in [2.45, 2.75) is 26.4 Å². The van der Waals surface area contributed by atoms with Crippen LogP contribution in [0.15, 0.2) is 36.5 Å². The lowest BCUT2D eigenvalue weighted by molar-refractivity contribution is 0.0759. The van der Waals surface area contributed by atoms with Crippen molar-refractivity contribution in [2.24, 2.45) is 0 Å². The molecule has 0 saturated carbocycles. The molecule has 2 aromatic rings. The Kier molecular flexibility index (Phi) is 5.76. The Hall–Kier alpha value is -2.34. The molecule has 0 bridgehead atoms. The van der Waals surface area contributed by atoms with Gasteiger partial charge in [-0.05, 0) is 32.4 Å². The highest BCUT2D eigenvalue weighted by molar-refractivity contribution is 5.94. The minimum absolute atomic E-state index is 0.219. The number of aromatic nitrogens is 2. The van der Waals surface area contributed by atoms with Gasteiger partial charge in [0, 0.05) is 13.6 Å². The van der Waals surface area contributed by atoms with Crippen LogP contribution < -0.4 is 4.74 Å². The lowest BCUT2D eigenvalue weighted by Gasteiger charge is -2.17. The molecule has 0 saturated heterocycles. The van der Waals surface area contributed by atoms with Crippen LogP contribution >= 0.6 is 0 Å². The second-order valence-electron chi connectivity index (χ2n) is 5.42. The van der Waals surface area contributed by atoms with Gasteiger partial charge in [0.05, 0.1) is 24.6 Å². The summed E-state index contributed by atoms with van der Waals surface area (Å²) in [6.45, 7) is 4.48. The first-order valence-electron chi connectivity index (χ1n) is 7.74. The molecule has 2 rings (SSSR count). The summed E-state index contributed by atoms with van der Waals surface area (Å²) in [6.07, 6.45) is 1.79. The van der Waals surface area contributed by atoms with E-state index in [-0.39, 0.29) is 11.6 Å². The Morgan fingerprint density at radius 1 is 1.39 bits per heavy atom. The predicted molar refractivity (Wildman–Crippen MR) is 88.0 cm³/mol. The molecule has 6 nitrogen and oxygen atoms in total. The molecule has 23 heavy (non-hydrogen) atoms. The molecule has 1 aromatic carbocycles. The minimum atomic E-state index is -0.446. The smallest absolute Gasteiger partial charge is 0.277 e. The average Bonchev–Trinajstić information content (AvgIpc) is 2.97. The molecule has 1 aromatic heterocycles. The number of rotatable bonds is 7. The van der Waals surface area contributed by atoms with Crippen molar-refractivity contribution in [1.29, 1.82) is 0 Å². The molecule has 6 heteroatoms. The van der Waals surface area contributed by atoms with E-state index in [0.717, 1.165) is 5.69 Å². The van der Waals surface area contributed by atoms with Gasteiger partial charge < -0.3 is 14.7 Å². The summed E-state index contributed by atoms with van der Waals surface area (Å²) < 4.78 is 7.20. The first-order valence-corrected chi connectivity index (χ1v) is 7.74. The molecule has 0 aliphatic rings. The van der Waals surface area contributed by atoms with Gasteiger partial charge in [-0.1, -0.05) is 18.2 Å². The maximum absolute atomic E-state index is 12.6. The van der Waals surface area contributed by atoms with Crippen molar-refractivity contribution in [1.82, 2.24) is 14.7 Å². The molecule has 0 aliphatic carbocycles. The van der Waals surface area contributed by atoms with Crippen LogP contribution in [0.2, 0.25) is 0 Å². The van der Waals surface area contributed by atoms with Gasteiger partial charge in [-0.2, -0.15) is 5.10 Å². The Bertz CT molecular complexity index is 638. The molecule has 0 fully saturated rings. The summed E-state index contributed by atoms with van der Waals surface area (Å²) >= 11 is 0. The predicted octanol–water partition coefficient (Wildman–Crippen LogP) is 2.11. The van der Waals surface area contributed by atoms with Gasteiger partial charge in [0.15, 0.2) is 11.4 Å². The van der Waals surface area contributed by atoms with E-state index in [1.165, 1.54) is 0 Å². The van der Waals surface area contributed by atoms with Crippen molar-refractivity contribution >= 4 is 5.91 Å². The van der Waals surface area contributed by atoms with E-state index in [1.807, 2.05) is 37.3 Å². The topological polar surface area (TPSA) is 67.6 Å². The van der Waals surface area contributed by atoms with Gasteiger partial charge in [0.25, 0.3) is 5.91 Å². The van der Waals surface area contributed by atoms with Crippen LogP contribution in [0.4, 0.5) is 0 Å². The van der Waals surface area contributed by atoms with Crippen LogP contribution in [0.3, 0.4) is 0 Å². The summed E-state index contributed by atoms with van der Waals surface area (Å²) in [5, 5.41) is 13.7. The van der Waals surface area contributed by atoms with Gasteiger partial charge >= 0.3 is 0 Å². The number of amides is 1. The van der Waals surface area contributed by atoms with Crippen LogP contribution in [-0.2, 0) is 0 Å². The van der Waals surface area contributed by atoms with Crippen LogP contribution in [0.1, 0.15) is 30.8 Å². The first-order chi connectivity index (χ1) is 11.0. The zero-order chi connectivity index (χ0) is 16.8. The molecular weight excluding hydrogens is 294 g/mol. The third-order valence-electron chi connectivity index (χ3n) is 3.43. The molecule has 124 valence electrons. The second kappa shape index (κ2) is 7.78. The molecular formula is C17H23N3O3. The fraction of sp³-hybridized carbons (Fsp3) is 0.412. The normalized spacial score (nSPS) is 12.0. The highest BCUT2D eigenvalue weighted by atomic mass is 16.5. The van der Waals surface area contributed by atoms with Crippen LogP contribution in [0.25, 0.3) is 5.69 Å². The van der Waals surface area contributed by atoms with Crippen LogP contribution in [-0.4, -0.2) is 52.0 Å². The molecule has 1 amide bonds. The lowest BCUT2D eigenvalue weighted by Crippen LogP contribution is -2.30. The van der Waals surface area contributed by atoms with E-state index < -0.39 is 6.10 Å². The quantitative estimate of drug-likeness (QED) is 0.849. The molecule has 0 aliphatic heterocycles. The zero-order valence-corrected chi connectivity index (χ0v) is 13.8. The second-order valence-corrected chi connectivity index (χ2v) is 5.42. The molecule has 1 N–H and O–H groups in total. The van der Waals surface area contributed by atoms with Crippen LogP contribution in [0.5, 0.6) is 5.75 Å². The SMILES string of the molecule is CCOc1cn(-c2ccccc2)nc1C(=O)N(C)CCC(C)O. The van der Waals surface area contributed by atoms with E-state index in [9.17, 15) is 9.90 Å². The first kappa shape index (κ1) is 17.0. The number of para-hydroxylation sites is 1. The molecule has 1 heterocycles. The standard InChI is InChI=1S/C17H23N3O3/c1-4-23-15-12-20(14-8-6-5-7-9-14)18-16(15)17(22)19(3)11-10-13(2)21/h5-9,12-13,21H,4,10-11H2,1-3H3. The highest BCUT2D eigenvalue weighted by Crippen LogP contribution is 2.21. The Balaban J connectivity index is 2.26. The van der Waals surface area contributed by atoms with E-state index in [1.54, 1.807) is 29.7 Å². The summed E-state index contributed by atoms with van der Waals surface area (Å²) in [6, 6.07) is 9.57. The summed E-state index contributed by atoms with van der Waals surface area (Å²) in [4.78, 5) is 14.1. The fourth-order valence-corrected chi connectivity index (χ4v) is 2.14. The number of hydrogen-bond acceptors (Lipinski definition) is 4. The number of carbonyl (C=O) groups excluding carboxylic acids is 1. The van der Waals surface area contributed by atoms with E-state index in [2.05, 4.69) is 5.10 Å². The summed E-state index contributed by atoms with van der Waals surface area (Å²) in [5.74, 6) is 0.244. The number of ether oxygens (including phenoxy) is 1. The van der Waals surface area contributed by atoms with E-state index in [4.69, 9.17) is 4.74 Å². The average molecular weight is 317 g/mol. The van der Waals surface area contributed by atoms with Gasteiger partial charge in [0.2, 0.25) is 0 Å². The zero-order valence-electron chi connectivity index (χ0n) is 13.8. The monoisotopic (exact) mass is 317 g/mol. The Morgan fingerprint density at radius 3 is 2.70 bits per heavy atom. The fourth-order valence-electron chi connectivity index (χ4n) is 2.14. The number of hydrogen-bond donors (Lipinski definition) is 1. The van der Waals surface area contributed by atoms with Crippen molar-refractivity contribution in [3.05, 3.63) is 42.2 Å².